The zero-order valence-electron chi connectivity index (χ0n) is 6.66. The van der Waals surface area contributed by atoms with Crippen molar-refractivity contribution >= 4 is 5.69 Å². The Kier molecular flexibility index (Phi) is 1.87. The molecule has 0 unspecified atom stereocenters. The van der Waals surface area contributed by atoms with Crippen LogP contribution >= 0.6 is 0 Å². The van der Waals surface area contributed by atoms with Gasteiger partial charge in [0.1, 0.15) is 5.75 Å². The summed E-state index contributed by atoms with van der Waals surface area (Å²) in [6.45, 7) is 1.52. The molecule has 2 N–H and O–H groups in total. The van der Waals surface area contributed by atoms with Crippen LogP contribution in [0.15, 0.2) is 24.3 Å². The van der Waals surface area contributed by atoms with Gasteiger partial charge in [-0.2, -0.15) is 0 Å². The first-order chi connectivity index (χ1) is 5.84. The van der Waals surface area contributed by atoms with Crippen molar-refractivity contribution in [3.05, 3.63) is 24.3 Å². The van der Waals surface area contributed by atoms with Crippen LogP contribution in [0.5, 0.6) is 5.75 Å². The minimum absolute atomic E-state index is 0.292. The van der Waals surface area contributed by atoms with E-state index in [-0.39, 0.29) is 0 Å². The predicted molar refractivity (Wildman–Crippen MR) is 46.3 cm³/mol. The normalized spacial score (nSPS) is 17.0. The lowest BCUT2D eigenvalue weighted by Gasteiger charge is -2.27. The summed E-state index contributed by atoms with van der Waals surface area (Å²) in [7, 11) is 0. The highest BCUT2D eigenvalue weighted by atomic mass is 16.5. The fourth-order valence-corrected chi connectivity index (χ4v) is 1.15. The van der Waals surface area contributed by atoms with Crippen LogP contribution in [0.4, 0.5) is 5.69 Å². The van der Waals surface area contributed by atoms with Gasteiger partial charge in [0.15, 0.2) is 0 Å². The highest BCUT2D eigenvalue weighted by Gasteiger charge is 2.17. The fourth-order valence-electron chi connectivity index (χ4n) is 1.15. The second-order valence-corrected chi connectivity index (χ2v) is 2.93. The van der Waals surface area contributed by atoms with E-state index in [4.69, 9.17) is 9.84 Å². The Hall–Kier alpha value is -1.22. The van der Waals surface area contributed by atoms with Crippen molar-refractivity contribution in [3.8, 4) is 5.75 Å². The highest BCUT2D eigenvalue weighted by Crippen LogP contribution is 2.17. The van der Waals surface area contributed by atoms with Crippen LogP contribution < -0.4 is 5.32 Å². The van der Waals surface area contributed by atoms with Crippen molar-refractivity contribution in [2.45, 2.75) is 6.04 Å². The molecule has 1 heterocycles. The fraction of sp³-hybridized carbons (Fsp3) is 0.333. The summed E-state index contributed by atoms with van der Waals surface area (Å²) in [4.78, 5) is 0. The molecule has 0 saturated carbocycles. The molecule has 0 spiro atoms. The molecule has 0 amide bonds. The number of ether oxygens (including phenoxy) is 1. The van der Waals surface area contributed by atoms with Crippen LogP contribution in [0, 0.1) is 0 Å². The van der Waals surface area contributed by atoms with Crippen LogP contribution in [0.1, 0.15) is 0 Å². The number of rotatable bonds is 2. The maximum atomic E-state index is 9.15. The summed E-state index contributed by atoms with van der Waals surface area (Å²) in [5, 5.41) is 12.4. The smallest absolute Gasteiger partial charge is 0.117 e. The Morgan fingerprint density at radius 2 is 2.25 bits per heavy atom. The quantitative estimate of drug-likeness (QED) is 0.692. The van der Waals surface area contributed by atoms with Crippen LogP contribution in [0.3, 0.4) is 0 Å². The number of anilines is 1. The molecule has 3 nitrogen and oxygen atoms in total. The molecular weight excluding hydrogens is 154 g/mol. The molecule has 2 rings (SSSR count). The van der Waals surface area contributed by atoms with E-state index in [1.54, 1.807) is 12.1 Å². The Morgan fingerprint density at radius 1 is 1.42 bits per heavy atom. The lowest BCUT2D eigenvalue weighted by atomic mass is 10.2. The molecule has 0 atom stereocenters. The summed E-state index contributed by atoms with van der Waals surface area (Å²) in [6.07, 6.45) is 0. The Balaban J connectivity index is 2.02. The zero-order valence-corrected chi connectivity index (χ0v) is 6.66. The third kappa shape index (κ3) is 1.51. The average Bonchev–Trinajstić information content (AvgIpc) is 1.97. The molecule has 0 aromatic heterocycles. The standard InChI is InChI=1S/C9H11NO2/c11-9-3-1-2-7(4-9)10-8-5-12-6-8/h1-4,8,10-11H,5-6H2. The van der Waals surface area contributed by atoms with Crippen LogP contribution in [0.2, 0.25) is 0 Å². The Morgan fingerprint density at radius 3 is 2.83 bits per heavy atom. The molecule has 1 aliphatic rings. The molecule has 1 saturated heterocycles. The van der Waals surface area contributed by atoms with E-state index >= 15 is 0 Å². The maximum absolute atomic E-state index is 9.15. The van der Waals surface area contributed by atoms with Crippen molar-refractivity contribution in [1.29, 1.82) is 0 Å². The molecular formula is C9H11NO2. The van der Waals surface area contributed by atoms with Gasteiger partial charge < -0.3 is 15.2 Å². The van der Waals surface area contributed by atoms with Gasteiger partial charge in [-0.15, -0.1) is 0 Å². The first kappa shape index (κ1) is 7.43. The Labute approximate surface area is 71.0 Å². The number of hydrogen-bond donors (Lipinski definition) is 2. The third-order valence-corrected chi connectivity index (χ3v) is 1.86. The van der Waals surface area contributed by atoms with Gasteiger partial charge in [-0.3, -0.25) is 0 Å². The molecule has 12 heavy (non-hydrogen) atoms. The molecule has 1 aromatic carbocycles. The minimum atomic E-state index is 0.292. The molecule has 64 valence electrons. The number of hydrogen-bond acceptors (Lipinski definition) is 3. The number of phenols is 1. The largest absolute Gasteiger partial charge is 0.508 e. The van der Waals surface area contributed by atoms with Crippen molar-refractivity contribution in [2.75, 3.05) is 18.5 Å². The van der Waals surface area contributed by atoms with Gasteiger partial charge >= 0.3 is 0 Å². The lowest BCUT2D eigenvalue weighted by Crippen LogP contribution is -2.40. The molecule has 0 bridgehead atoms. The lowest BCUT2D eigenvalue weighted by molar-refractivity contribution is 0.0211. The second kappa shape index (κ2) is 3.03. The summed E-state index contributed by atoms with van der Waals surface area (Å²) in [6, 6.07) is 7.52. The van der Waals surface area contributed by atoms with E-state index in [2.05, 4.69) is 5.32 Å². The van der Waals surface area contributed by atoms with Gasteiger partial charge in [0.2, 0.25) is 0 Å². The van der Waals surface area contributed by atoms with E-state index in [0.717, 1.165) is 18.9 Å². The van der Waals surface area contributed by atoms with Crippen molar-refractivity contribution in [3.63, 3.8) is 0 Å². The number of aromatic hydroxyl groups is 1. The molecule has 1 aliphatic heterocycles. The maximum Gasteiger partial charge on any atom is 0.117 e. The number of phenolic OH excluding ortho intramolecular Hbond substituents is 1. The minimum Gasteiger partial charge on any atom is -0.508 e. The topological polar surface area (TPSA) is 41.5 Å². The summed E-state index contributed by atoms with van der Waals surface area (Å²) in [5.74, 6) is 0.292. The monoisotopic (exact) mass is 165 g/mol. The van der Waals surface area contributed by atoms with Crippen LogP contribution in [-0.2, 0) is 4.74 Å². The molecule has 1 aromatic rings. The second-order valence-electron chi connectivity index (χ2n) is 2.93. The number of nitrogens with one attached hydrogen (secondary N) is 1. The van der Waals surface area contributed by atoms with Crippen molar-refractivity contribution in [2.24, 2.45) is 0 Å². The SMILES string of the molecule is Oc1cccc(NC2COC2)c1. The summed E-state index contributed by atoms with van der Waals surface area (Å²) >= 11 is 0. The van der Waals surface area contributed by atoms with Gasteiger partial charge in [0, 0.05) is 11.8 Å². The molecule has 3 heteroatoms. The molecule has 1 fully saturated rings. The summed E-state index contributed by atoms with van der Waals surface area (Å²) < 4.78 is 5.01. The van der Waals surface area contributed by atoms with E-state index < -0.39 is 0 Å². The van der Waals surface area contributed by atoms with E-state index in [1.165, 1.54) is 0 Å². The van der Waals surface area contributed by atoms with E-state index in [0.29, 0.717) is 11.8 Å². The van der Waals surface area contributed by atoms with Gasteiger partial charge in [0.05, 0.1) is 19.3 Å². The first-order valence-corrected chi connectivity index (χ1v) is 3.98. The third-order valence-electron chi connectivity index (χ3n) is 1.86. The number of benzene rings is 1. The van der Waals surface area contributed by atoms with Crippen molar-refractivity contribution in [1.82, 2.24) is 0 Å². The van der Waals surface area contributed by atoms with E-state index in [1.807, 2.05) is 12.1 Å². The molecule has 0 aliphatic carbocycles. The van der Waals surface area contributed by atoms with Crippen molar-refractivity contribution < 1.29 is 9.84 Å². The molecule has 0 radical (unpaired) electrons. The van der Waals surface area contributed by atoms with E-state index in [9.17, 15) is 0 Å². The van der Waals surface area contributed by atoms with Gasteiger partial charge in [0.25, 0.3) is 0 Å². The summed E-state index contributed by atoms with van der Waals surface area (Å²) in [5.41, 5.74) is 0.948. The predicted octanol–water partition coefficient (Wildman–Crippen LogP) is 1.20. The van der Waals surface area contributed by atoms with Crippen LogP contribution in [0.25, 0.3) is 0 Å². The Bertz CT molecular complexity index is 271. The zero-order chi connectivity index (χ0) is 8.39. The highest BCUT2D eigenvalue weighted by molar-refractivity contribution is 5.48. The van der Waals surface area contributed by atoms with Gasteiger partial charge in [-0.1, -0.05) is 6.07 Å². The average molecular weight is 165 g/mol. The first-order valence-electron chi connectivity index (χ1n) is 3.98. The van der Waals surface area contributed by atoms with Gasteiger partial charge in [-0.05, 0) is 12.1 Å². The van der Waals surface area contributed by atoms with Gasteiger partial charge in [-0.25, -0.2) is 0 Å². The van der Waals surface area contributed by atoms with Crippen LogP contribution in [-0.4, -0.2) is 24.4 Å².